The molecule has 2 rings (SSSR count). The van der Waals surface area contributed by atoms with Crippen molar-refractivity contribution in [2.45, 2.75) is 26.7 Å². The SMILES string of the molecule is CCCN(CCC)C(=O)c1cc(-c2cccc(OC)c2)nn1C. The van der Waals surface area contributed by atoms with E-state index in [0.29, 0.717) is 5.69 Å². The summed E-state index contributed by atoms with van der Waals surface area (Å²) in [4.78, 5) is 14.6. The van der Waals surface area contributed by atoms with Crippen molar-refractivity contribution < 1.29 is 9.53 Å². The van der Waals surface area contributed by atoms with E-state index >= 15 is 0 Å². The predicted octanol–water partition coefficient (Wildman–Crippen LogP) is 3.36. The number of methoxy groups -OCH3 is 1. The highest BCUT2D eigenvalue weighted by molar-refractivity contribution is 5.93. The Hall–Kier alpha value is -2.30. The highest BCUT2D eigenvalue weighted by Gasteiger charge is 2.19. The van der Waals surface area contributed by atoms with Crippen molar-refractivity contribution in [1.82, 2.24) is 14.7 Å². The molecule has 0 unspecified atom stereocenters. The average Bonchev–Trinajstić information content (AvgIpc) is 2.96. The molecule has 124 valence electrons. The molecule has 0 fully saturated rings. The molecular weight excluding hydrogens is 290 g/mol. The Kier molecular flexibility index (Phi) is 5.79. The van der Waals surface area contributed by atoms with Gasteiger partial charge in [0.15, 0.2) is 0 Å². The summed E-state index contributed by atoms with van der Waals surface area (Å²) in [7, 11) is 3.45. The second-order valence-corrected chi connectivity index (χ2v) is 5.56. The lowest BCUT2D eigenvalue weighted by Crippen LogP contribution is -2.33. The first kappa shape index (κ1) is 17.1. The van der Waals surface area contributed by atoms with E-state index in [1.807, 2.05) is 42.3 Å². The zero-order valence-electron chi connectivity index (χ0n) is 14.4. The van der Waals surface area contributed by atoms with E-state index < -0.39 is 0 Å². The molecule has 1 aromatic carbocycles. The van der Waals surface area contributed by atoms with E-state index in [1.54, 1.807) is 11.8 Å². The summed E-state index contributed by atoms with van der Waals surface area (Å²) in [5.74, 6) is 0.817. The van der Waals surface area contributed by atoms with E-state index in [-0.39, 0.29) is 5.91 Å². The van der Waals surface area contributed by atoms with Crippen LogP contribution in [0.3, 0.4) is 0 Å². The van der Waals surface area contributed by atoms with Crippen molar-refractivity contribution in [1.29, 1.82) is 0 Å². The third-order valence-corrected chi connectivity index (χ3v) is 3.74. The number of hydrogen-bond acceptors (Lipinski definition) is 3. The summed E-state index contributed by atoms with van der Waals surface area (Å²) in [6, 6.07) is 9.56. The van der Waals surface area contributed by atoms with Crippen molar-refractivity contribution in [2.24, 2.45) is 7.05 Å². The van der Waals surface area contributed by atoms with E-state index in [1.165, 1.54) is 0 Å². The van der Waals surface area contributed by atoms with Gasteiger partial charge in [-0.1, -0.05) is 26.0 Å². The van der Waals surface area contributed by atoms with Gasteiger partial charge in [0.05, 0.1) is 12.8 Å². The lowest BCUT2D eigenvalue weighted by atomic mass is 10.1. The molecule has 0 saturated heterocycles. The standard InChI is InChI=1S/C18H25N3O2/c1-5-10-21(11-6-2)18(22)17-13-16(19-20(17)3)14-8-7-9-15(12-14)23-4/h7-9,12-13H,5-6,10-11H2,1-4H3. The molecule has 0 aliphatic carbocycles. The number of carbonyl (C=O) groups excluding carboxylic acids is 1. The van der Waals surface area contributed by atoms with Crippen molar-refractivity contribution in [3.63, 3.8) is 0 Å². The highest BCUT2D eigenvalue weighted by atomic mass is 16.5. The van der Waals surface area contributed by atoms with Crippen LogP contribution in [0.25, 0.3) is 11.3 Å². The fourth-order valence-corrected chi connectivity index (χ4v) is 2.61. The summed E-state index contributed by atoms with van der Waals surface area (Å²) in [6.45, 7) is 5.71. The molecule has 1 heterocycles. The van der Waals surface area contributed by atoms with Crippen molar-refractivity contribution in [3.8, 4) is 17.0 Å². The van der Waals surface area contributed by atoms with Gasteiger partial charge in [-0.15, -0.1) is 0 Å². The normalized spacial score (nSPS) is 10.6. The van der Waals surface area contributed by atoms with Crippen LogP contribution >= 0.6 is 0 Å². The van der Waals surface area contributed by atoms with Crippen molar-refractivity contribution in [3.05, 3.63) is 36.0 Å². The van der Waals surface area contributed by atoms with Crippen molar-refractivity contribution in [2.75, 3.05) is 20.2 Å². The fourth-order valence-electron chi connectivity index (χ4n) is 2.61. The molecule has 0 spiro atoms. The molecule has 0 N–H and O–H groups in total. The van der Waals surface area contributed by atoms with Gasteiger partial charge < -0.3 is 9.64 Å². The molecule has 23 heavy (non-hydrogen) atoms. The summed E-state index contributed by atoms with van der Waals surface area (Å²) in [5, 5.41) is 4.49. The lowest BCUT2D eigenvalue weighted by molar-refractivity contribution is 0.0744. The lowest BCUT2D eigenvalue weighted by Gasteiger charge is -2.21. The zero-order valence-corrected chi connectivity index (χ0v) is 14.4. The van der Waals surface area contributed by atoms with Gasteiger partial charge in [-0.05, 0) is 31.0 Å². The summed E-state index contributed by atoms with van der Waals surface area (Å²) in [6.07, 6.45) is 1.90. The van der Waals surface area contributed by atoms with Crippen molar-refractivity contribution >= 4 is 5.91 Å². The number of carbonyl (C=O) groups is 1. The summed E-state index contributed by atoms with van der Waals surface area (Å²) < 4.78 is 6.92. The second-order valence-electron chi connectivity index (χ2n) is 5.56. The fraction of sp³-hybridized carbons (Fsp3) is 0.444. The first-order valence-corrected chi connectivity index (χ1v) is 8.08. The highest BCUT2D eigenvalue weighted by Crippen LogP contribution is 2.23. The predicted molar refractivity (Wildman–Crippen MR) is 91.7 cm³/mol. The monoisotopic (exact) mass is 315 g/mol. The topological polar surface area (TPSA) is 47.4 Å². The van der Waals surface area contributed by atoms with Crippen LogP contribution in [0.15, 0.2) is 30.3 Å². The molecule has 0 aliphatic rings. The van der Waals surface area contributed by atoms with Gasteiger partial charge >= 0.3 is 0 Å². The van der Waals surface area contributed by atoms with Crippen LogP contribution in [0.2, 0.25) is 0 Å². The molecule has 0 aliphatic heterocycles. The number of nitrogens with zero attached hydrogens (tertiary/aromatic N) is 3. The van der Waals surface area contributed by atoms with E-state index in [2.05, 4.69) is 18.9 Å². The molecule has 2 aromatic rings. The third kappa shape index (κ3) is 3.92. The quantitative estimate of drug-likeness (QED) is 0.787. The molecule has 0 radical (unpaired) electrons. The smallest absolute Gasteiger partial charge is 0.272 e. The van der Waals surface area contributed by atoms with Crippen LogP contribution in [0.5, 0.6) is 5.75 Å². The molecule has 0 bridgehead atoms. The van der Waals surface area contributed by atoms with E-state index in [9.17, 15) is 4.79 Å². The Morgan fingerprint density at radius 2 is 1.91 bits per heavy atom. The first-order valence-electron chi connectivity index (χ1n) is 8.08. The Morgan fingerprint density at radius 1 is 1.22 bits per heavy atom. The van der Waals surface area contributed by atoms with Gasteiger partial charge in [0.2, 0.25) is 0 Å². The number of hydrogen-bond donors (Lipinski definition) is 0. The average molecular weight is 315 g/mol. The van der Waals surface area contributed by atoms with Crippen LogP contribution in [-0.2, 0) is 7.05 Å². The van der Waals surface area contributed by atoms with Crippen LogP contribution in [0.4, 0.5) is 0 Å². The van der Waals surface area contributed by atoms with E-state index in [0.717, 1.165) is 42.9 Å². The molecule has 1 amide bonds. The minimum absolute atomic E-state index is 0.0397. The largest absolute Gasteiger partial charge is 0.497 e. The van der Waals surface area contributed by atoms with Crippen LogP contribution in [0, 0.1) is 0 Å². The van der Waals surface area contributed by atoms with E-state index in [4.69, 9.17) is 4.74 Å². The molecule has 5 heteroatoms. The number of rotatable bonds is 7. The molecule has 0 saturated carbocycles. The minimum atomic E-state index is 0.0397. The maximum Gasteiger partial charge on any atom is 0.272 e. The summed E-state index contributed by atoms with van der Waals surface area (Å²) in [5.41, 5.74) is 2.34. The van der Waals surface area contributed by atoms with Crippen LogP contribution in [-0.4, -0.2) is 40.8 Å². The molecule has 5 nitrogen and oxygen atoms in total. The molecule has 0 atom stereocenters. The van der Waals surface area contributed by atoms with Crippen LogP contribution < -0.4 is 4.74 Å². The van der Waals surface area contributed by atoms with Gasteiger partial charge in [0, 0.05) is 25.7 Å². The van der Waals surface area contributed by atoms with Crippen LogP contribution in [0.1, 0.15) is 37.2 Å². The van der Waals surface area contributed by atoms with Gasteiger partial charge in [-0.25, -0.2) is 0 Å². The molecular formula is C18H25N3O2. The number of ether oxygens (including phenoxy) is 1. The molecule has 1 aromatic heterocycles. The first-order chi connectivity index (χ1) is 11.1. The van der Waals surface area contributed by atoms with Gasteiger partial charge in [0.1, 0.15) is 11.4 Å². The Morgan fingerprint density at radius 3 is 2.52 bits per heavy atom. The third-order valence-electron chi connectivity index (χ3n) is 3.74. The Balaban J connectivity index is 2.31. The number of benzene rings is 1. The minimum Gasteiger partial charge on any atom is -0.497 e. The number of aromatic nitrogens is 2. The summed E-state index contributed by atoms with van der Waals surface area (Å²) >= 11 is 0. The Bertz CT molecular complexity index is 658. The van der Waals surface area contributed by atoms with Gasteiger partial charge in [-0.3, -0.25) is 9.48 Å². The maximum atomic E-state index is 12.8. The number of amides is 1. The van der Waals surface area contributed by atoms with Gasteiger partial charge in [-0.2, -0.15) is 5.10 Å². The maximum absolute atomic E-state index is 12.8. The second kappa shape index (κ2) is 7.81. The number of aryl methyl sites for hydroxylation is 1. The zero-order chi connectivity index (χ0) is 16.8. The Labute approximate surface area is 137 Å². The van der Waals surface area contributed by atoms with Gasteiger partial charge in [0.25, 0.3) is 5.91 Å².